The van der Waals surface area contributed by atoms with Gasteiger partial charge < -0.3 is 14.2 Å². The van der Waals surface area contributed by atoms with E-state index in [0.717, 1.165) is 141 Å². The van der Waals surface area contributed by atoms with Crippen molar-refractivity contribution in [3.05, 3.63) is 134 Å². The lowest BCUT2D eigenvalue weighted by atomic mass is 10.0. The fourth-order valence-corrected chi connectivity index (χ4v) is 9.43. The molecule has 0 N–H and O–H groups in total. The van der Waals surface area contributed by atoms with Crippen LogP contribution in [0.3, 0.4) is 0 Å². The van der Waals surface area contributed by atoms with Gasteiger partial charge in [-0.15, -0.1) is 0 Å². The second kappa shape index (κ2) is 70.0. The van der Waals surface area contributed by atoms with Gasteiger partial charge in [0.1, 0.15) is 13.2 Å². The Kier molecular flexibility index (Phi) is 66.3. The normalized spacial score (nSPS) is 13.0. The molecular formula is C77H128O6. The monoisotopic (exact) mass is 1150 g/mol. The van der Waals surface area contributed by atoms with Gasteiger partial charge in [0, 0.05) is 19.3 Å². The first-order valence-electron chi connectivity index (χ1n) is 34.7. The van der Waals surface area contributed by atoms with Crippen LogP contribution in [-0.4, -0.2) is 37.2 Å². The first-order valence-corrected chi connectivity index (χ1v) is 34.7. The molecule has 0 aliphatic rings. The standard InChI is InChI=1S/C77H128O6/c1-4-7-10-13-16-19-22-25-27-29-31-33-35-37-38-40-41-43-45-47-49-52-55-58-61-64-67-70-76(79)82-73-74(72-81-75(78)69-66-63-60-57-54-51-24-21-18-15-12-9-6-3)83-77(80)71-68-65-62-59-56-53-50-48-46-44-42-39-36-34-32-30-28-26-23-20-17-14-11-8-5-2/h7,10,16,19,21,23-27,30-33,36-39,41,43,47,49,74H,4-6,8-9,11-15,17-18,20,22,28-29,34-35,40,42,44-46,48,50-73H2,1-3H3/b10-7-,19-16-,24-21-,26-23-,27-25-,32-30-,33-31-,38-37-,39-36-,43-41-,49-47-. The number of allylic oxidation sites excluding steroid dienone is 22. The first kappa shape index (κ1) is 78.5. The van der Waals surface area contributed by atoms with Crippen molar-refractivity contribution in [3.8, 4) is 0 Å². The fraction of sp³-hybridized carbons (Fsp3) is 0.675. The van der Waals surface area contributed by atoms with Crippen LogP contribution in [0.5, 0.6) is 0 Å². The quantitative estimate of drug-likeness (QED) is 0.0261. The summed E-state index contributed by atoms with van der Waals surface area (Å²) in [6.07, 6.45) is 98.9. The summed E-state index contributed by atoms with van der Waals surface area (Å²) in [4.78, 5) is 38.4. The molecule has 0 aromatic heterocycles. The number of esters is 3. The molecule has 0 heterocycles. The number of carbonyl (C=O) groups is 3. The zero-order valence-electron chi connectivity index (χ0n) is 54.2. The van der Waals surface area contributed by atoms with Gasteiger partial charge in [-0.1, -0.05) is 289 Å². The minimum absolute atomic E-state index is 0.0928. The van der Waals surface area contributed by atoms with Gasteiger partial charge in [0.05, 0.1) is 0 Å². The average Bonchev–Trinajstić information content (AvgIpc) is 3.49. The fourth-order valence-electron chi connectivity index (χ4n) is 9.43. The molecule has 472 valence electrons. The van der Waals surface area contributed by atoms with E-state index in [9.17, 15) is 14.4 Å². The van der Waals surface area contributed by atoms with E-state index in [0.29, 0.717) is 19.3 Å². The van der Waals surface area contributed by atoms with E-state index < -0.39 is 6.10 Å². The molecule has 83 heavy (non-hydrogen) atoms. The summed E-state index contributed by atoms with van der Waals surface area (Å²) in [7, 11) is 0. The Morgan fingerprint density at radius 3 is 0.759 bits per heavy atom. The van der Waals surface area contributed by atoms with Crippen molar-refractivity contribution >= 4 is 17.9 Å². The van der Waals surface area contributed by atoms with Crippen LogP contribution in [0.4, 0.5) is 0 Å². The smallest absolute Gasteiger partial charge is 0.306 e. The van der Waals surface area contributed by atoms with E-state index in [1.807, 2.05) is 0 Å². The van der Waals surface area contributed by atoms with Crippen LogP contribution in [0.1, 0.15) is 316 Å². The summed E-state index contributed by atoms with van der Waals surface area (Å²) in [5.41, 5.74) is 0. The van der Waals surface area contributed by atoms with Crippen LogP contribution in [0.2, 0.25) is 0 Å². The number of unbranched alkanes of at least 4 members (excludes halogenated alkanes) is 29. The number of carbonyl (C=O) groups excluding carboxylic acids is 3. The number of rotatable bonds is 62. The van der Waals surface area contributed by atoms with Gasteiger partial charge in [-0.3, -0.25) is 14.4 Å². The van der Waals surface area contributed by atoms with Crippen LogP contribution in [-0.2, 0) is 28.6 Å². The molecule has 0 saturated carbocycles. The van der Waals surface area contributed by atoms with Gasteiger partial charge in [0.15, 0.2) is 6.10 Å². The number of ether oxygens (including phenoxy) is 3. The summed E-state index contributed by atoms with van der Waals surface area (Å²) < 4.78 is 16.9. The third-order valence-electron chi connectivity index (χ3n) is 14.6. The lowest BCUT2D eigenvalue weighted by molar-refractivity contribution is -0.167. The van der Waals surface area contributed by atoms with Crippen molar-refractivity contribution in [3.63, 3.8) is 0 Å². The van der Waals surface area contributed by atoms with E-state index in [1.54, 1.807) is 0 Å². The topological polar surface area (TPSA) is 78.9 Å². The van der Waals surface area contributed by atoms with Crippen LogP contribution < -0.4 is 0 Å². The second-order valence-corrected chi connectivity index (χ2v) is 22.7. The zero-order chi connectivity index (χ0) is 59.9. The van der Waals surface area contributed by atoms with Crippen molar-refractivity contribution in [1.82, 2.24) is 0 Å². The van der Waals surface area contributed by atoms with E-state index in [2.05, 4.69) is 154 Å². The Bertz CT molecular complexity index is 1750. The van der Waals surface area contributed by atoms with E-state index in [1.165, 1.54) is 135 Å². The molecule has 0 aliphatic heterocycles. The zero-order valence-corrected chi connectivity index (χ0v) is 54.2. The first-order chi connectivity index (χ1) is 41.0. The molecule has 0 aromatic rings. The summed E-state index contributed by atoms with van der Waals surface area (Å²) in [5, 5.41) is 0. The predicted octanol–water partition coefficient (Wildman–Crippen LogP) is 24.1. The van der Waals surface area contributed by atoms with Gasteiger partial charge in [-0.25, -0.2) is 0 Å². The average molecular weight is 1150 g/mol. The van der Waals surface area contributed by atoms with Crippen molar-refractivity contribution in [2.45, 2.75) is 322 Å². The minimum Gasteiger partial charge on any atom is -0.462 e. The van der Waals surface area contributed by atoms with E-state index in [-0.39, 0.29) is 31.1 Å². The van der Waals surface area contributed by atoms with Crippen molar-refractivity contribution in [1.29, 1.82) is 0 Å². The number of hydrogen-bond acceptors (Lipinski definition) is 6. The van der Waals surface area contributed by atoms with Crippen LogP contribution in [0.25, 0.3) is 0 Å². The molecule has 6 nitrogen and oxygen atoms in total. The summed E-state index contributed by atoms with van der Waals surface area (Å²) in [6.45, 7) is 6.49. The maximum Gasteiger partial charge on any atom is 0.306 e. The van der Waals surface area contributed by atoms with E-state index >= 15 is 0 Å². The van der Waals surface area contributed by atoms with Gasteiger partial charge >= 0.3 is 17.9 Å². The van der Waals surface area contributed by atoms with E-state index in [4.69, 9.17) is 14.2 Å². The molecular weight excluding hydrogens is 1020 g/mol. The highest BCUT2D eigenvalue weighted by Gasteiger charge is 2.19. The number of hydrogen-bond donors (Lipinski definition) is 0. The summed E-state index contributed by atoms with van der Waals surface area (Å²) >= 11 is 0. The maximum absolute atomic E-state index is 13.0. The van der Waals surface area contributed by atoms with Crippen LogP contribution in [0.15, 0.2) is 134 Å². The van der Waals surface area contributed by atoms with Crippen LogP contribution >= 0.6 is 0 Å². The Morgan fingerprint density at radius 2 is 0.470 bits per heavy atom. The molecule has 0 radical (unpaired) electrons. The van der Waals surface area contributed by atoms with Gasteiger partial charge in [-0.05, 0) is 141 Å². The highest BCUT2D eigenvalue weighted by atomic mass is 16.6. The Morgan fingerprint density at radius 1 is 0.253 bits per heavy atom. The SMILES string of the molecule is CC/C=C\C/C=C\C/C=C\C/C=C\C/C=C\C/C=C\C/C=C\CCCCCCCC(=O)OCC(COC(=O)CCCCCCC/C=C\CCCCCC)OC(=O)CCCCCCCCCCCC/C=C\C/C=C\C/C=C\CCCCCCC. The highest BCUT2D eigenvalue weighted by Crippen LogP contribution is 2.16. The molecule has 1 unspecified atom stereocenters. The Hall–Kier alpha value is -4.45. The highest BCUT2D eigenvalue weighted by molar-refractivity contribution is 5.71. The molecule has 0 bridgehead atoms. The van der Waals surface area contributed by atoms with Crippen LogP contribution in [0, 0.1) is 0 Å². The Balaban J connectivity index is 4.38. The van der Waals surface area contributed by atoms with Gasteiger partial charge in [-0.2, -0.15) is 0 Å². The summed E-state index contributed by atoms with van der Waals surface area (Å²) in [6, 6.07) is 0. The van der Waals surface area contributed by atoms with Gasteiger partial charge in [0.25, 0.3) is 0 Å². The summed E-state index contributed by atoms with van der Waals surface area (Å²) in [5.74, 6) is -0.919. The molecule has 0 amide bonds. The van der Waals surface area contributed by atoms with Crippen molar-refractivity contribution < 1.29 is 28.6 Å². The molecule has 0 fully saturated rings. The van der Waals surface area contributed by atoms with Gasteiger partial charge in [0.2, 0.25) is 0 Å². The molecule has 0 saturated heterocycles. The Labute approximate surface area is 513 Å². The predicted molar refractivity (Wildman–Crippen MR) is 362 cm³/mol. The lowest BCUT2D eigenvalue weighted by Gasteiger charge is -2.18. The van der Waals surface area contributed by atoms with Crippen molar-refractivity contribution in [2.24, 2.45) is 0 Å². The third-order valence-corrected chi connectivity index (χ3v) is 14.6. The molecule has 0 aliphatic carbocycles. The molecule has 0 rings (SSSR count). The second-order valence-electron chi connectivity index (χ2n) is 22.7. The third kappa shape index (κ3) is 68.2. The molecule has 6 heteroatoms. The van der Waals surface area contributed by atoms with Crippen molar-refractivity contribution in [2.75, 3.05) is 13.2 Å². The maximum atomic E-state index is 13.0. The molecule has 0 aromatic carbocycles. The minimum atomic E-state index is -0.798. The largest absolute Gasteiger partial charge is 0.462 e. The molecule has 1 atom stereocenters. The lowest BCUT2D eigenvalue weighted by Crippen LogP contribution is -2.30. The molecule has 0 spiro atoms.